The second-order valence-electron chi connectivity index (χ2n) is 5.30. The zero-order valence-corrected chi connectivity index (χ0v) is 16.1. The van der Waals surface area contributed by atoms with E-state index in [1.807, 2.05) is 19.1 Å². The zero-order valence-electron chi connectivity index (χ0n) is 12.9. The van der Waals surface area contributed by atoms with E-state index in [1.54, 1.807) is 6.07 Å². The Labute approximate surface area is 150 Å². The number of nitrogens with one attached hydrogen (secondary N) is 1. The van der Waals surface area contributed by atoms with E-state index in [0.29, 0.717) is 10.2 Å². The summed E-state index contributed by atoms with van der Waals surface area (Å²) in [5, 5.41) is 0.223. The number of nitrogens with zero attached hydrogens (tertiary/aromatic N) is 1. The molecule has 0 bridgehead atoms. The van der Waals surface area contributed by atoms with E-state index in [2.05, 4.69) is 32.6 Å². The second-order valence-corrected chi connectivity index (χ2v) is 8.20. The molecule has 0 amide bonds. The largest absolute Gasteiger partial charge is 0.279 e. The minimum Gasteiger partial charge on any atom is -0.279 e. The first-order valence-electron chi connectivity index (χ1n) is 7.27. The smallest absolute Gasteiger partial charge is 0.263 e. The van der Waals surface area contributed by atoms with E-state index < -0.39 is 10.0 Å². The third kappa shape index (κ3) is 4.68. The van der Waals surface area contributed by atoms with Gasteiger partial charge in [-0.25, -0.2) is 13.4 Å². The molecular weight excluding hydrogens is 400 g/mol. The van der Waals surface area contributed by atoms with Gasteiger partial charge in [-0.1, -0.05) is 37.1 Å². The van der Waals surface area contributed by atoms with Crippen molar-refractivity contribution in [1.82, 2.24) is 4.98 Å². The summed E-state index contributed by atoms with van der Waals surface area (Å²) in [4.78, 5) is 3.91. The predicted octanol–water partition coefficient (Wildman–Crippen LogP) is 4.95. The summed E-state index contributed by atoms with van der Waals surface area (Å²) in [6.45, 7) is 4.04. The highest BCUT2D eigenvalue weighted by Gasteiger charge is 2.17. The van der Waals surface area contributed by atoms with E-state index in [1.165, 1.54) is 17.8 Å². The quantitative estimate of drug-likeness (QED) is 0.677. The minimum atomic E-state index is -3.71. The Balaban J connectivity index is 2.24. The lowest BCUT2D eigenvalue weighted by atomic mass is 10.1. The molecule has 2 rings (SSSR count). The van der Waals surface area contributed by atoms with Crippen molar-refractivity contribution in [3.63, 3.8) is 0 Å². The van der Waals surface area contributed by atoms with Crippen molar-refractivity contribution < 1.29 is 8.42 Å². The van der Waals surface area contributed by atoms with E-state index >= 15 is 0 Å². The fourth-order valence-electron chi connectivity index (χ4n) is 2.13. The fraction of sp³-hybridized carbons (Fsp3) is 0.312. The van der Waals surface area contributed by atoms with Crippen LogP contribution in [0.25, 0.3) is 0 Å². The highest BCUT2D eigenvalue weighted by Crippen LogP contribution is 2.25. The van der Waals surface area contributed by atoms with Crippen molar-refractivity contribution in [2.45, 2.75) is 38.0 Å². The second kappa shape index (κ2) is 7.64. The van der Waals surface area contributed by atoms with Gasteiger partial charge in [0.15, 0.2) is 0 Å². The molecular formula is C16H18BrClN2O2S. The highest BCUT2D eigenvalue weighted by atomic mass is 79.9. The number of rotatable bonds is 6. The summed E-state index contributed by atoms with van der Waals surface area (Å²) in [5.74, 6) is 0. The predicted molar refractivity (Wildman–Crippen MR) is 97.5 cm³/mol. The topological polar surface area (TPSA) is 59.1 Å². The van der Waals surface area contributed by atoms with Gasteiger partial charge in [0, 0.05) is 6.20 Å². The van der Waals surface area contributed by atoms with Gasteiger partial charge in [-0.05, 0) is 59.0 Å². The fourth-order valence-corrected chi connectivity index (χ4v) is 3.84. The number of benzene rings is 1. The van der Waals surface area contributed by atoms with E-state index in [0.717, 1.165) is 24.8 Å². The Morgan fingerprint density at radius 3 is 2.65 bits per heavy atom. The summed E-state index contributed by atoms with van der Waals surface area (Å²) in [6.07, 6.45) is 4.49. The average Bonchev–Trinajstić information content (AvgIpc) is 2.50. The van der Waals surface area contributed by atoms with E-state index in [4.69, 9.17) is 11.6 Å². The van der Waals surface area contributed by atoms with Crippen molar-refractivity contribution in [2.75, 3.05) is 4.72 Å². The summed E-state index contributed by atoms with van der Waals surface area (Å²) in [6, 6.07) is 7.21. The van der Waals surface area contributed by atoms with E-state index in [9.17, 15) is 8.42 Å². The van der Waals surface area contributed by atoms with Gasteiger partial charge in [0.2, 0.25) is 0 Å². The number of pyridine rings is 1. The first-order chi connectivity index (χ1) is 10.8. The molecule has 0 spiro atoms. The number of aryl methyl sites for hydroxylation is 2. The Bertz CT molecular complexity index is 810. The molecule has 0 aliphatic rings. The van der Waals surface area contributed by atoms with Crippen molar-refractivity contribution in [3.05, 3.63) is 51.2 Å². The van der Waals surface area contributed by atoms with Crippen molar-refractivity contribution in [3.8, 4) is 0 Å². The number of hydrogen-bond acceptors (Lipinski definition) is 3. The van der Waals surface area contributed by atoms with Crippen LogP contribution >= 0.6 is 27.5 Å². The molecule has 7 heteroatoms. The molecule has 1 aromatic carbocycles. The summed E-state index contributed by atoms with van der Waals surface area (Å²) < 4.78 is 28.0. The third-order valence-corrected chi connectivity index (χ3v) is 5.90. The van der Waals surface area contributed by atoms with Gasteiger partial charge in [-0.2, -0.15) is 0 Å². The summed E-state index contributed by atoms with van der Waals surface area (Å²) in [7, 11) is -3.71. The molecule has 0 unspecified atom stereocenters. The molecule has 0 saturated heterocycles. The molecule has 1 heterocycles. The summed E-state index contributed by atoms with van der Waals surface area (Å²) >= 11 is 8.99. The number of anilines is 1. The van der Waals surface area contributed by atoms with Crippen LogP contribution in [0.2, 0.25) is 5.15 Å². The van der Waals surface area contributed by atoms with Crippen molar-refractivity contribution in [1.29, 1.82) is 0 Å². The normalized spacial score (nSPS) is 11.5. The molecule has 0 atom stereocenters. The minimum absolute atomic E-state index is 0.0586. The standard InChI is InChI=1S/C16H18BrClN2O2S/c1-3-4-5-12-6-7-15(11(2)8-12)20-23(21,22)13-9-14(17)16(18)19-10-13/h6-10,20H,3-5H2,1-2H3. The number of halogens is 2. The molecule has 23 heavy (non-hydrogen) atoms. The van der Waals surface area contributed by atoms with Gasteiger partial charge < -0.3 is 0 Å². The van der Waals surface area contributed by atoms with Crippen LogP contribution in [0.4, 0.5) is 5.69 Å². The average molecular weight is 418 g/mol. The molecule has 4 nitrogen and oxygen atoms in total. The van der Waals surface area contributed by atoms with Gasteiger partial charge in [-0.15, -0.1) is 0 Å². The SMILES string of the molecule is CCCCc1ccc(NS(=O)(=O)c2cnc(Cl)c(Br)c2)c(C)c1. The van der Waals surface area contributed by atoms with Crippen LogP contribution in [0.3, 0.4) is 0 Å². The first kappa shape index (κ1) is 18.2. The molecule has 1 aromatic heterocycles. The monoisotopic (exact) mass is 416 g/mol. The summed E-state index contributed by atoms with van der Waals surface area (Å²) in [5.41, 5.74) is 2.67. The maximum atomic E-state index is 12.5. The molecule has 2 aromatic rings. The van der Waals surface area contributed by atoms with Crippen molar-refractivity contribution in [2.24, 2.45) is 0 Å². The van der Waals surface area contributed by atoms with Crippen LogP contribution in [-0.4, -0.2) is 13.4 Å². The Morgan fingerprint density at radius 1 is 1.30 bits per heavy atom. The van der Waals surface area contributed by atoms with Gasteiger partial charge >= 0.3 is 0 Å². The lowest BCUT2D eigenvalue weighted by molar-refractivity contribution is 0.600. The van der Waals surface area contributed by atoms with Crippen LogP contribution < -0.4 is 4.72 Å². The Morgan fingerprint density at radius 2 is 2.04 bits per heavy atom. The van der Waals surface area contributed by atoms with Crippen LogP contribution in [-0.2, 0) is 16.4 Å². The number of sulfonamides is 1. The number of hydrogen-bond donors (Lipinski definition) is 1. The lowest BCUT2D eigenvalue weighted by Gasteiger charge is -2.12. The highest BCUT2D eigenvalue weighted by molar-refractivity contribution is 9.10. The van der Waals surface area contributed by atoms with Crippen LogP contribution in [0.1, 0.15) is 30.9 Å². The molecule has 0 aliphatic carbocycles. The molecule has 124 valence electrons. The molecule has 0 fully saturated rings. The Hall–Kier alpha value is -1.11. The van der Waals surface area contributed by atoms with Gasteiger partial charge in [0.05, 0.1) is 10.2 Å². The first-order valence-corrected chi connectivity index (χ1v) is 9.92. The van der Waals surface area contributed by atoms with Crippen molar-refractivity contribution >= 4 is 43.2 Å². The van der Waals surface area contributed by atoms with Crippen LogP contribution in [0.15, 0.2) is 39.8 Å². The maximum absolute atomic E-state index is 12.5. The van der Waals surface area contributed by atoms with E-state index in [-0.39, 0.29) is 10.0 Å². The van der Waals surface area contributed by atoms with Gasteiger partial charge in [0.25, 0.3) is 10.0 Å². The molecule has 1 N–H and O–H groups in total. The molecule has 0 saturated carbocycles. The lowest BCUT2D eigenvalue weighted by Crippen LogP contribution is -2.14. The number of aromatic nitrogens is 1. The van der Waals surface area contributed by atoms with Gasteiger partial charge in [0.1, 0.15) is 10.0 Å². The molecule has 0 aliphatic heterocycles. The molecule has 0 radical (unpaired) electrons. The Kier molecular flexibility index (Phi) is 6.06. The van der Waals surface area contributed by atoms with Crippen LogP contribution in [0.5, 0.6) is 0 Å². The van der Waals surface area contributed by atoms with Gasteiger partial charge in [-0.3, -0.25) is 4.72 Å². The number of unbranched alkanes of at least 4 members (excludes halogenated alkanes) is 1. The third-order valence-electron chi connectivity index (χ3n) is 3.44. The maximum Gasteiger partial charge on any atom is 0.263 e. The zero-order chi connectivity index (χ0) is 17.0. The van der Waals surface area contributed by atoms with Crippen LogP contribution in [0, 0.1) is 6.92 Å².